The van der Waals surface area contributed by atoms with Crippen LogP contribution in [0.15, 0.2) is 36.4 Å². The number of benzene rings is 2. The number of nitrogens with one attached hydrogen (secondary N) is 2. The lowest BCUT2D eigenvalue weighted by Gasteiger charge is -2.31. The quantitative estimate of drug-likeness (QED) is 0.650. The third-order valence-electron chi connectivity index (χ3n) is 4.55. The van der Waals surface area contributed by atoms with Gasteiger partial charge in [0.05, 0.1) is 28.5 Å². The molecule has 1 aliphatic rings. The molecule has 0 spiro atoms. The average Bonchev–Trinajstić information content (AvgIpc) is 2.68. The minimum atomic E-state index is -0.358. The fourth-order valence-electron chi connectivity index (χ4n) is 3.19. The maximum absolute atomic E-state index is 12.5. The highest BCUT2D eigenvalue weighted by Crippen LogP contribution is 2.35. The number of ether oxygens (including phenoxy) is 1. The number of thiocarbonyl (C=S) groups is 1. The van der Waals surface area contributed by atoms with Gasteiger partial charge in [0.2, 0.25) is 0 Å². The number of rotatable bonds is 4. The van der Waals surface area contributed by atoms with Crippen molar-refractivity contribution in [2.45, 2.75) is 19.3 Å². The van der Waals surface area contributed by atoms with E-state index in [1.165, 1.54) is 19.6 Å². The molecule has 0 unspecified atom stereocenters. The van der Waals surface area contributed by atoms with Crippen LogP contribution >= 0.6 is 35.4 Å². The Morgan fingerprint density at radius 2 is 1.86 bits per heavy atom. The molecule has 1 amide bonds. The monoisotopic (exact) mass is 437 g/mol. The number of halogens is 2. The molecular weight excluding hydrogens is 417 g/mol. The molecule has 28 heavy (non-hydrogen) atoms. The van der Waals surface area contributed by atoms with Crippen molar-refractivity contribution in [1.29, 1.82) is 0 Å². The zero-order chi connectivity index (χ0) is 20.1. The number of methoxy groups -OCH3 is 1. The molecule has 5 nitrogen and oxygen atoms in total. The molecular formula is C20H21Cl2N3O2S. The van der Waals surface area contributed by atoms with Crippen LogP contribution in [0.2, 0.25) is 10.0 Å². The van der Waals surface area contributed by atoms with Gasteiger partial charge in [0.15, 0.2) is 5.11 Å². The van der Waals surface area contributed by atoms with Gasteiger partial charge in [-0.05, 0) is 61.8 Å². The number of carbonyl (C=O) groups excluding carboxylic acids is 1. The maximum atomic E-state index is 12.5. The summed E-state index contributed by atoms with van der Waals surface area (Å²) in [6.45, 7) is 1.89. The summed E-state index contributed by atoms with van der Waals surface area (Å²) >= 11 is 17.9. The second-order valence-corrected chi connectivity index (χ2v) is 7.66. The van der Waals surface area contributed by atoms with Gasteiger partial charge in [-0.15, -0.1) is 0 Å². The molecule has 3 rings (SSSR count). The van der Waals surface area contributed by atoms with Crippen LogP contribution in [0.3, 0.4) is 0 Å². The molecule has 8 heteroatoms. The van der Waals surface area contributed by atoms with Crippen LogP contribution < -0.4 is 20.3 Å². The number of anilines is 2. The van der Waals surface area contributed by atoms with Crippen LogP contribution in [0.1, 0.15) is 29.6 Å². The van der Waals surface area contributed by atoms with E-state index in [4.69, 9.17) is 40.2 Å². The largest absolute Gasteiger partial charge is 0.495 e. The molecule has 0 radical (unpaired) electrons. The molecule has 148 valence electrons. The van der Waals surface area contributed by atoms with Crippen LogP contribution in [0, 0.1) is 0 Å². The molecule has 2 aromatic carbocycles. The molecule has 1 fully saturated rings. The number of para-hydroxylation sites is 1. The van der Waals surface area contributed by atoms with Gasteiger partial charge in [-0.1, -0.05) is 29.3 Å². The predicted molar refractivity (Wildman–Crippen MR) is 119 cm³/mol. The molecule has 0 aliphatic carbocycles. The Kier molecular flexibility index (Phi) is 6.99. The van der Waals surface area contributed by atoms with E-state index in [0.29, 0.717) is 21.4 Å². The van der Waals surface area contributed by atoms with Gasteiger partial charge in [-0.2, -0.15) is 0 Å². The molecule has 0 aromatic heterocycles. The molecule has 2 aromatic rings. The van der Waals surface area contributed by atoms with Crippen molar-refractivity contribution >= 4 is 57.8 Å². The number of carbonyl (C=O) groups is 1. The summed E-state index contributed by atoms with van der Waals surface area (Å²) in [6, 6.07) is 10.4. The van der Waals surface area contributed by atoms with Crippen molar-refractivity contribution in [2.24, 2.45) is 0 Å². The Labute approximate surface area is 180 Å². The van der Waals surface area contributed by atoms with Crippen molar-refractivity contribution in [1.82, 2.24) is 5.32 Å². The Morgan fingerprint density at radius 1 is 1.11 bits per heavy atom. The summed E-state index contributed by atoms with van der Waals surface area (Å²) in [5, 5.41) is 6.99. The third-order valence-corrected chi connectivity index (χ3v) is 5.35. The first-order chi connectivity index (χ1) is 13.5. The average molecular weight is 438 g/mol. The summed E-state index contributed by atoms with van der Waals surface area (Å²) in [7, 11) is 1.52. The van der Waals surface area contributed by atoms with Gasteiger partial charge < -0.3 is 15.0 Å². The van der Waals surface area contributed by atoms with Crippen LogP contribution in [0.4, 0.5) is 11.4 Å². The molecule has 0 atom stereocenters. The SMILES string of the molecule is COc1ccc(C(=O)NC(=S)Nc2cccc(Cl)c2N2CCCCC2)cc1Cl. The summed E-state index contributed by atoms with van der Waals surface area (Å²) in [5.74, 6) is 0.146. The zero-order valence-electron chi connectivity index (χ0n) is 15.4. The van der Waals surface area contributed by atoms with Crippen LogP contribution in [0.25, 0.3) is 0 Å². The fraction of sp³-hybridized carbons (Fsp3) is 0.300. The Balaban J connectivity index is 1.72. The van der Waals surface area contributed by atoms with E-state index in [0.717, 1.165) is 37.3 Å². The van der Waals surface area contributed by atoms with E-state index >= 15 is 0 Å². The van der Waals surface area contributed by atoms with Crippen molar-refractivity contribution in [2.75, 3.05) is 30.4 Å². The van der Waals surface area contributed by atoms with Crippen molar-refractivity contribution < 1.29 is 9.53 Å². The number of amides is 1. The van der Waals surface area contributed by atoms with Gasteiger partial charge in [0.25, 0.3) is 5.91 Å². The van der Waals surface area contributed by atoms with E-state index < -0.39 is 0 Å². The topological polar surface area (TPSA) is 53.6 Å². The summed E-state index contributed by atoms with van der Waals surface area (Å²) < 4.78 is 5.10. The highest BCUT2D eigenvalue weighted by atomic mass is 35.5. The third kappa shape index (κ3) is 4.87. The van der Waals surface area contributed by atoms with E-state index in [1.807, 2.05) is 18.2 Å². The molecule has 0 saturated carbocycles. The lowest BCUT2D eigenvalue weighted by molar-refractivity contribution is 0.0977. The first kappa shape index (κ1) is 20.7. The normalized spacial score (nSPS) is 13.8. The minimum Gasteiger partial charge on any atom is -0.495 e. The van der Waals surface area contributed by atoms with E-state index in [2.05, 4.69) is 15.5 Å². The number of hydrogen-bond donors (Lipinski definition) is 2. The fourth-order valence-corrected chi connectivity index (χ4v) is 3.95. The second-order valence-electron chi connectivity index (χ2n) is 6.44. The van der Waals surface area contributed by atoms with E-state index in [1.54, 1.807) is 12.1 Å². The zero-order valence-corrected chi connectivity index (χ0v) is 17.8. The Hall–Kier alpha value is -2.02. The Bertz CT molecular complexity index is 886. The molecule has 1 heterocycles. The lowest BCUT2D eigenvalue weighted by Crippen LogP contribution is -2.35. The Morgan fingerprint density at radius 3 is 2.54 bits per heavy atom. The smallest absolute Gasteiger partial charge is 0.257 e. The maximum Gasteiger partial charge on any atom is 0.257 e. The summed E-state index contributed by atoms with van der Waals surface area (Å²) in [4.78, 5) is 14.7. The summed E-state index contributed by atoms with van der Waals surface area (Å²) in [5.41, 5.74) is 2.07. The standard InChI is InChI=1S/C20H21Cl2N3O2S/c1-27-17-9-8-13(12-15(17)22)19(26)24-20(28)23-16-7-5-6-14(21)18(16)25-10-3-2-4-11-25/h5-9,12H,2-4,10-11H2,1H3,(H2,23,24,26,28). The van der Waals surface area contributed by atoms with Gasteiger partial charge in [-0.25, -0.2) is 0 Å². The molecule has 1 saturated heterocycles. The highest BCUT2D eigenvalue weighted by molar-refractivity contribution is 7.80. The second kappa shape index (κ2) is 9.45. The lowest BCUT2D eigenvalue weighted by atomic mass is 10.1. The molecule has 0 bridgehead atoms. The van der Waals surface area contributed by atoms with Crippen LogP contribution in [-0.4, -0.2) is 31.2 Å². The van der Waals surface area contributed by atoms with Crippen LogP contribution in [0.5, 0.6) is 5.75 Å². The van der Waals surface area contributed by atoms with Gasteiger partial charge in [-0.3, -0.25) is 10.1 Å². The molecule has 2 N–H and O–H groups in total. The highest BCUT2D eigenvalue weighted by Gasteiger charge is 2.19. The van der Waals surface area contributed by atoms with Crippen molar-refractivity contribution in [3.05, 3.63) is 52.0 Å². The molecule has 1 aliphatic heterocycles. The predicted octanol–water partition coefficient (Wildman–Crippen LogP) is 5.12. The number of nitrogens with zero attached hydrogens (tertiary/aromatic N) is 1. The van der Waals surface area contributed by atoms with E-state index in [9.17, 15) is 4.79 Å². The van der Waals surface area contributed by atoms with Crippen molar-refractivity contribution in [3.63, 3.8) is 0 Å². The minimum absolute atomic E-state index is 0.192. The summed E-state index contributed by atoms with van der Waals surface area (Å²) in [6.07, 6.45) is 3.48. The number of piperidine rings is 1. The first-order valence-corrected chi connectivity index (χ1v) is 10.2. The van der Waals surface area contributed by atoms with Crippen LogP contribution in [-0.2, 0) is 0 Å². The van der Waals surface area contributed by atoms with Gasteiger partial charge in [0, 0.05) is 18.7 Å². The van der Waals surface area contributed by atoms with Gasteiger partial charge >= 0.3 is 0 Å². The van der Waals surface area contributed by atoms with E-state index in [-0.39, 0.29) is 11.0 Å². The number of hydrogen-bond acceptors (Lipinski definition) is 4. The van der Waals surface area contributed by atoms with Gasteiger partial charge in [0.1, 0.15) is 5.75 Å². The first-order valence-electron chi connectivity index (χ1n) is 8.99. The van der Waals surface area contributed by atoms with Crippen molar-refractivity contribution in [3.8, 4) is 5.75 Å².